The third kappa shape index (κ3) is 6.47. The Bertz CT molecular complexity index is 1360. The summed E-state index contributed by atoms with van der Waals surface area (Å²) < 4.78 is 6.32. The van der Waals surface area contributed by atoms with Gasteiger partial charge in [0, 0.05) is 44.0 Å². The van der Waals surface area contributed by atoms with Crippen molar-refractivity contribution in [2.75, 3.05) is 31.1 Å². The first kappa shape index (κ1) is 26.2. The molecule has 0 saturated carbocycles. The minimum atomic E-state index is -0.467. The van der Waals surface area contributed by atoms with Crippen LogP contribution < -0.4 is 9.64 Å². The van der Waals surface area contributed by atoms with Crippen molar-refractivity contribution in [2.24, 2.45) is 0 Å². The summed E-state index contributed by atoms with van der Waals surface area (Å²) in [5.41, 5.74) is 2.28. The van der Waals surface area contributed by atoms with Gasteiger partial charge in [0.25, 0.3) is 11.6 Å². The molecule has 1 fully saturated rings. The molecular formula is C27H22BrClN4O4. The largest absolute Gasteiger partial charge is 0.486 e. The summed E-state index contributed by atoms with van der Waals surface area (Å²) in [4.78, 5) is 27.5. The van der Waals surface area contributed by atoms with E-state index >= 15 is 0 Å². The number of piperazine rings is 1. The van der Waals surface area contributed by atoms with E-state index in [0.717, 1.165) is 5.69 Å². The number of carbonyl (C=O) groups is 1. The van der Waals surface area contributed by atoms with Crippen LogP contribution >= 0.6 is 27.5 Å². The fraction of sp³-hybridized carbons (Fsp3) is 0.185. The van der Waals surface area contributed by atoms with E-state index in [9.17, 15) is 20.2 Å². The molecule has 0 radical (unpaired) electrons. The molecule has 1 aliphatic heterocycles. The van der Waals surface area contributed by atoms with Gasteiger partial charge in [-0.15, -0.1) is 0 Å². The van der Waals surface area contributed by atoms with Gasteiger partial charge in [0.2, 0.25) is 0 Å². The average Bonchev–Trinajstić information content (AvgIpc) is 2.91. The number of anilines is 1. The van der Waals surface area contributed by atoms with Crippen molar-refractivity contribution in [3.63, 3.8) is 0 Å². The number of ether oxygens (including phenoxy) is 1. The highest BCUT2D eigenvalue weighted by Crippen LogP contribution is 2.36. The van der Waals surface area contributed by atoms with Gasteiger partial charge >= 0.3 is 0 Å². The van der Waals surface area contributed by atoms with Crippen LogP contribution in [0.15, 0.2) is 76.8 Å². The summed E-state index contributed by atoms with van der Waals surface area (Å²) in [7, 11) is 0. The van der Waals surface area contributed by atoms with Gasteiger partial charge < -0.3 is 14.5 Å². The first-order chi connectivity index (χ1) is 17.9. The van der Waals surface area contributed by atoms with E-state index in [1.807, 2.05) is 36.4 Å². The van der Waals surface area contributed by atoms with Gasteiger partial charge in [0.05, 0.1) is 14.4 Å². The van der Waals surface area contributed by atoms with Crippen LogP contribution in [0.1, 0.15) is 11.1 Å². The van der Waals surface area contributed by atoms with E-state index in [1.165, 1.54) is 18.2 Å². The van der Waals surface area contributed by atoms with Crippen molar-refractivity contribution in [1.29, 1.82) is 5.26 Å². The van der Waals surface area contributed by atoms with Crippen LogP contribution in [-0.2, 0) is 11.4 Å². The van der Waals surface area contributed by atoms with Gasteiger partial charge in [-0.05, 0) is 57.4 Å². The highest BCUT2D eigenvalue weighted by molar-refractivity contribution is 9.10. The SMILES string of the molecule is N#C/C(=C/c1cc(Cl)c(OCc2cccc([N+](=O)[O-])c2)c(Br)c1)C(=O)N1CCN(c2ccccc2)CC1. The molecule has 1 aliphatic rings. The van der Waals surface area contributed by atoms with E-state index in [4.69, 9.17) is 16.3 Å². The highest BCUT2D eigenvalue weighted by atomic mass is 79.9. The second-order valence-corrected chi connectivity index (χ2v) is 9.58. The fourth-order valence-corrected chi connectivity index (χ4v) is 4.99. The number of carbonyl (C=O) groups excluding carboxylic acids is 1. The van der Waals surface area contributed by atoms with E-state index in [1.54, 1.807) is 29.2 Å². The Morgan fingerprint density at radius 3 is 2.49 bits per heavy atom. The number of nitrogens with zero attached hydrogens (tertiary/aromatic N) is 4. The van der Waals surface area contributed by atoms with Crippen LogP contribution in [0, 0.1) is 21.4 Å². The summed E-state index contributed by atoms with van der Waals surface area (Å²) >= 11 is 9.87. The molecule has 0 bridgehead atoms. The summed E-state index contributed by atoms with van der Waals surface area (Å²) in [6.07, 6.45) is 1.51. The number of halogens is 2. The van der Waals surface area contributed by atoms with Crippen LogP contribution in [0.3, 0.4) is 0 Å². The predicted molar refractivity (Wildman–Crippen MR) is 145 cm³/mol. The molecular weight excluding hydrogens is 560 g/mol. The molecule has 37 heavy (non-hydrogen) atoms. The molecule has 1 saturated heterocycles. The summed E-state index contributed by atoms with van der Waals surface area (Å²) in [6, 6.07) is 21.5. The molecule has 3 aromatic carbocycles. The van der Waals surface area contributed by atoms with Crippen molar-refractivity contribution >= 4 is 50.9 Å². The first-order valence-corrected chi connectivity index (χ1v) is 12.6. The Balaban J connectivity index is 1.43. The maximum absolute atomic E-state index is 13.0. The second-order valence-electron chi connectivity index (χ2n) is 8.31. The van der Waals surface area contributed by atoms with E-state index in [0.29, 0.717) is 47.5 Å². The zero-order valence-electron chi connectivity index (χ0n) is 19.6. The van der Waals surface area contributed by atoms with Gasteiger partial charge in [-0.1, -0.05) is 41.9 Å². The Morgan fingerprint density at radius 2 is 1.84 bits per heavy atom. The second kappa shape index (κ2) is 11.9. The molecule has 0 spiro atoms. The molecule has 3 aromatic rings. The van der Waals surface area contributed by atoms with Gasteiger partial charge in [0.1, 0.15) is 18.2 Å². The van der Waals surface area contributed by atoms with Crippen molar-refractivity contribution in [2.45, 2.75) is 6.61 Å². The van der Waals surface area contributed by atoms with E-state index in [2.05, 4.69) is 20.8 Å². The molecule has 1 amide bonds. The predicted octanol–water partition coefficient (Wildman–Crippen LogP) is 5.85. The lowest BCUT2D eigenvalue weighted by molar-refractivity contribution is -0.384. The van der Waals surface area contributed by atoms with Gasteiger partial charge in [-0.3, -0.25) is 14.9 Å². The van der Waals surface area contributed by atoms with Crippen LogP contribution in [0.5, 0.6) is 5.75 Å². The number of hydrogen-bond acceptors (Lipinski definition) is 6. The molecule has 10 heteroatoms. The van der Waals surface area contributed by atoms with Crippen LogP contribution in [0.4, 0.5) is 11.4 Å². The first-order valence-electron chi connectivity index (χ1n) is 11.4. The molecule has 8 nitrogen and oxygen atoms in total. The van der Waals surface area contributed by atoms with Crippen molar-refractivity contribution in [3.05, 3.63) is 103 Å². The lowest BCUT2D eigenvalue weighted by Gasteiger charge is -2.36. The Labute approximate surface area is 227 Å². The average molecular weight is 582 g/mol. The third-order valence-corrected chi connectivity index (χ3v) is 6.75. The Morgan fingerprint density at radius 1 is 1.11 bits per heavy atom. The molecule has 4 rings (SSSR count). The molecule has 188 valence electrons. The molecule has 0 aliphatic carbocycles. The highest BCUT2D eigenvalue weighted by Gasteiger charge is 2.24. The molecule has 0 unspecified atom stereocenters. The molecule has 0 aromatic heterocycles. The summed E-state index contributed by atoms with van der Waals surface area (Å²) in [5.74, 6) is 0.0284. The fourth-order valence-electron chi connectivity index (χ4n) is 4.00. The zero-order valence-corrected chi connectivity index (χ0v) is 22.0. The monoisotopic (exact) mass is 580 g/mol. The number of non-ortho nitro benzene ring substituents is 1. The third-order valence-electron chi connectivity index (χ3n) is 5.88. The maximum atomic E-state index is 13.0. The minimum Gasteiger partial charge on any atom is -0.486 e. The maximum Gasteiger partial charge on any atom is 0.269 e. The van der Waals surface area contributed by atoms with Crippen LogP contribution in [-0.4, -0.2) is 41.9 Å². The number of nitro groups is 1. The van der Waals surface area contributed by atoms with Crippen LogP contribution in [0.2, 0.25) is 5.02 Å². The van der Waals surface area contributed by atoms with Gasteiger partial charge in [-0.2, -0.15) is 5.26 Å². The van der Waals surface area contributed by atoms with E-state index in [-0.39, 0.29) is 28.8 Å². The standard InChI is InChI=1S/C27H22BrClN4O4/c28-24-15-20(16-25(29)26(24)37-18-19-5-4-8-23(14-19)33(35)36)13-21(17-30)27(34)32-11-9-31(10-12-32)22-6-2-1-3-7-22/h1-8,13-16H,9-12,18H2/b21-13-. The minimum absolute atomic E-state index is 0.0152. The zero-order chi connectivity index (χ0) is 26.4. The molecule has 1 heterocycles. The van der Waals surface area contributed by atoms with Crippen molar-refractivity contribution in [3.8, 4) is 11.8 Å². The lowest BCUT2D eigenvalue weighted by atomic mass is 10.1. The Kier molecular flexibility index (Phi) is 8.43. The van der Waals surface area contributed by atoms with Crippen molar-refractivity contribution in [1.82, 2.24) is 4.90 Å². The summed E-state index contributed by atoms with van der Waals surface area (Å²) in [6.45, 7) is 2.47. The topological polar surface area (TPSA) is 99.7 Å². The number of benzene rings is 3. The smallest absolute Gasteiger partial charge is 0.269 e. The molecule has 0 N–H and O–H groups in total. The summed E-state index contributed by atoms with van der Waals surface area (Å²) in [5, 5.41) is 20.9. The number of rotatable bonds is 7. The number of hydrogen-bond donors (Lipinski definition) is 0. The number of nitro benzene ring substituents is 1. The number of amides is 1. The molecule has 0 atom stereocenters. The Hall–Kier alpha value is -3.87. The quantitative estimate of drug-likeness (QED) is 0.150. The number of para-hydroxylation sites is 1. The van der Waals surface area contributed by atoms with Gasteiger partial charge in [-0.25, -0.2) is 0 Å². The van der Waals surface area contributed by atoms with Crippen LogP contribution in [0.25, 0.3) is 6.08 Å². The normalized spacial score (nSPS) is 13.7. The number of nitriles is 1. The lowest BCUT2D eigenvalue weighted by Crippen LogP contribution is -2.49. The van der Waals surface area contributed by atoms with E-state index < -0.39 is 4.92 Å². The van der Waals surface area contributed by atoms with Crippen molar-refractivity contribution < 1.29 is 14.5 Å². The van der Waals surface area contributed by atoms with Gasteiger partial charge in [0.15, 0.2) is 5.75 Å².